The molecule has 0 saturated carbocycles. The fourth-order valence-corrected chi connectivity index (χ4v) is 8.68. The fraction of sp³-hybridized carbons (Fsp3) is 0. The monoisotopic (exact) mass is 719 g/mol. The Bertz CT molecular complexity index is 2970. The normalized spacial score (nSPS) is 11.3. The third-order valence-corrected chi connectivity index (χ3v) is 11.4. The molecule has 0 fully saturated rings. The van der Waals surface area contributed by atoms with Crippen LogP contribution in [-0.2, 0) is 0 Å². The maximum Gasteiger partial charge on any atom is 0.160 e. The van der Waals surface area contributed by atoms with Crippen LogP contribution in [0.2, 0.25) is 0 Å². The van der Waals surface area contributed by atoms with Gasteiger partial charge in [0.2, 0.25) is 0 Å². The molecule has 0 amide bonds. The highest BCUT2D eigenvalue weighted by Crippen LogP contribution is 2.42. The molecule has 4 heteroatoms. The Morgan fingerprint density at radius 3 is 1.60 bits per heavy atom. The van der Waals surface area contributed by atoms with Crippen molar-refractivity contribution in [1.82, 2.24) is 15.0 Å². The van der Waals surface area contributed by atoms with Crippen molar-refractivity contribution in [2.75, 3.05) is 0 Å². The summed E-state index contributed by atoms with van der Waals surface area (Å²) >= 11 is 1.86. The largest absolute Gasteiger partial charge is 0.265 e. The second-order valence-electron chi connectivity index (χ2n) is 13.7. The van der Waals surface area contributed by atoms with E-state index in [1.807, 2.05) is 54.1 Å². The van der Waals surface area contributed by atoms with E-state index in [-0.39, 0.29) is 0 Å². The fourth-order valence-electron chi connectivity index (χ4n) is 7.44. The highest BCUT2D eigenvalue weighted by Gasteiger charge is 2.17. The second kappa shape index (κ2) is 14.1. The van der Waals surface area contributed by atoms with Gasteiger partial charge < -0.3 is 0 Å². The Morgan fingerprint density at radius 1 is 0.327 bits per heavy atom. The Morgan fingerprint density at radius 2 is 0.836 bits per heavy atom. The SMILES string of the molecule is c1ccc(-c2cccc(-c3cc(-c4cc(-c5cccc(-c6ccncc6)c5)nc(-c5ccccc5)n4)cc(-c4cccc5c4sc4ccccc45)c3)c2)cc1. The molecule has 0 aliphatic heterocycles. The second-order valence-corrected chi connectivity index (χ2v) is 14.7. The molecular weight excluding hydrogens is 687 g/mol. The number of rotatable bonds is 7. The first-order valence-corrected chi connectivity index (χ1v) is 19.2. The molecule has 10 aromatic rings. The highest BCUT2D eigenvalue weighted by molar-refractivity contribution is 7.26. The number of hydrogen-bond acceptors (Lipinski definition) is 4. The number of nitrogens with zero attached hydrogens (tertiary/aromatic N) is 3. The van der Waals surface area contributed by atoms with Crippen molar-refractivity contribution in [3.05, 3.63) is 200 Å². The zero-order chi connectivity index (χ0) is 36.6. The average Bonchev–Trinajstić information content (AvgIpc) is 3.66. The van der Waals surface area contributed by atoms with Gasteiger partial charge in [-0.2, -0.15) is 0 Å². The summed E-state index contributed by atoms with van der Waals surface area (Å²) < 4.78 is 2.57. The van der Waals surface area contributed by atoms with E-state index in [0.717, 1.165) is 55.9 Å². The summed E-state index contributed by atoms with van der Waals surface area (Å²) in [6.45, 7) is 0. The number of fused-ring (bicyclic) bond motifs is 3. The van der Waals surface area contributed by atoms with Crippen LogP contribution in [-0.4, -0.2) is 15.0 Å². The minimum atomic E-state index is 0.687. The van der Waals surface area contributed by atoms with E-state index in [9.17, 15) is 0 Å². The number of aromatic nitrogens is 3. The van der Waals surface area contributed by atoms with Gasteiger partial charge >= 0.3 is 0 Å². The van der Waals surface area contributed by atoms with Gasteiger partial charge in [0.05, 0.1) is 11.4 Å². The average molecular weight is 720 g/mol. The van der Waals surface area contributed by atoms with Crippen molar-refractivity contribution in [3.8, 4) is 78.4 Å². The van der Waals surface area contributed by atoms with Crippen LogP contribution in [0.15, 0.2) is 200 Å². The van der Waals surface area contributed by atoms with Crippen molar-refractivity contribution in [1.29, 1.82) is 0 Å². The lowest BCUT2D eigenvalue weighted by atomic mass is 9.92. The van der Waals surface area contributed by atoms with E-state index in [0.29, 0.717) is 5.82 Å². The lowest BCUT2D eigenvalue weighted by Crippen LogP contribution is -1.97. The smallest absolute Gasteiger partial charge is 0.160 e. The third-order valence-electron chi connectivity index (χ3n) is 10.2. The molecular formula is C51H33N3S. The van der Waals surface area contributed by atoms with E-state index < -0.39 is 0 Å². The standard InChI is InChI=1S/C51H33N3S/c1-3-12-34(13-4-1)37-16-9-18-39(28-37)41-30-42(44-21-11-22-46-45-20-7-8-23-49(45)55-50(44)46)32-43(31-41)48-33-47(53-51(54-48)36-14-5-2-6-15-36)40-19-10-17-38(29-40)35-24-26-52-27-25-35/h1-33H. The zero-order valence-electron chi connectivity index (χ0n) is 29.8. The van der Waals surface area contributed by atoms with Crippen molar-refractivity contribution >= 4 is 31.5 Å². The van der Waals surface area contributed by atoms with E-state index in [1.165, 1.54) is 36.9 Å². The van der Waals surface area contributed by atoms with Crippen LogP contribution in [0.3, 0.4) is 0 Å². The Hall–Kier alpha value is -7.01. The molecule has 55 heavy (non-hydrogen) atoms. The van der Waals surface area contributed by atoms with Crippen LogP contribution in [0.4, 0.5) is 0 Å². The van der Waals surface area contributed by atoms with E-state index in [1.54, 1.807) is 0 Å². The molecule has 0 atom stereocenters. The van der Waals surface area contributed by atoms with Gasteiger partial charge in [0, 0.05) is 49.3 Å². The predicted molar refractivity (Wildman–Crippen MR) is 231 cm³/mol. The van der Waals surface area contributed by atoms with Gasteiger partial charge in [-0.3, -0.25) is 4.98 Å². The van der Waals surface area contributed by atoms with Crippen molar-refractivity contribution in [2.24, 2.45) is 0 Å². The van der Waals surface area contributed by atoms with E-state index >= 15 is 0 Å². The van der Waals surface area contributed by atoms with Gasteiger partial charge in [-0.15, -0.1) is 11.3 Å². The molecule has 0 spiro atoms. The summed E-state index contributed by atoms with van der Waals surface area (Å²) in [4.78, 5) is 14.7. The molecule has 7 aromatic carbocycles. The first-order chi connectivity index (χ1) is 27.2. The van der Waals surface area contributed by atoms with Crippen LogP contribution in [0.25, 0.3) is 98.6 Å². The summed E-state index contributed by atoms with van der Waals surface area (Å²) in [5.41, 5.74) is 14.0. The van der Waals surface area contributed by atoms with Crippen LogP contribution < -0.4 is 0 Å². The van der Waals surface area contributed by atoms with Crippen molar-refractivity contribution in [2.45, 2.75) is 0 Å². The predicted octanol–water partition coefficient (Wildman–Crippen LogP) is 13.9. The maximum atomic E-state index is 5.30. The molecule has 0 bridgehead atoms. The number of hydrogen-bond donors (Lipinski definition) is 0. The zero-order valence-corrected chi connectivity index (χ0v) is 30.6. The van der Waals surface area contributed by atoms with Gasteiger partial charge in [0.15, 0.2) is 5.82 Å². The number of benzene rings is 7. The minimum Gasteiger partial charge on any atom is -0.265 e. The van der Waals surface area contributed by atoms with Crippen molar-refractivity contribution < 1.29 is 0 Å². The topological polar surface area (TPSA) is 38.7 Å². The summed E-state index contributed by atoms with van der Waals surface area (Å²) in [6.07, 6.45) is 3.66. The lowest BCUT2D eigenvalue weighted by Gasteiger charge is -2.14. The lowest BCUT2D eigenvalue weighted by molar-refractivity contribution is 1.18. The van der Waals surface area contributed by atoms with Crippen molar-refractivity contribution in [3.63, 3.8) is 0 Å². The van der Waals surface area contributed by atoms with Gasteiger partial charge in [-0.05, 0) is 99.1 Å². The van der Waals surface area contributed by atoms with Gasteiger partial charge in [-0.1, -0.05) is 133 Å². The molecule has 3 nitrogen and oxygen atoms in total. The van der Waals surface area contributed by atoms with Crippen LogP contribution in [0.1, 0.15) is 0 Å². The number of pyridine rings is 1. The summed E-state index contributed by atoms with van der Waals surface area (Å²) in [5.74, 6) is 0.687. The molecule has 0 radical (unpaired) electrons. The Balaban J connectivity index is 1.20. The number of thiophene rings is 1. The van der Waals surface area contributed by atoms with Crippen LogP contribution in [0, 0.1) is 0 Å². The van der Waals surface area contributed by atoms with Gasteiger partial charge in [0.25, 0.3) is 0 Å². The van der Waals surface area contributed by atoms with Crippen LogP contribution in [0.5, 0.6) is 0 Å². The molecule has 0 aliphatic rings. The molecule has 0 unspecified atom stereocenters. The highest BCUT2D eigenvalue weighted by atomic mass is 32.1. The van der Waals surface area contributed by atoms with Gasteiger partial charge in [-0.25, -0.2) is 9.97 Å². The summed E-state index contributed by atoms with van der Waals surface area (Å²) in [5, 5.41) is 2.57. The Labute approximate surface area is 323 Å². The quantitative estimate of drug-likeness (QED) is 0.165. The molecule has 0 saturated heterocycles. The molecule has 0 N–H and O–H groups in total. The molecule has 3 aromatic heterocycles. The molecule has 3 heterocycles. The third kappa shape index (κ3) is 6.39. The molecule has 10 rings (SSSR count). The first kappa shape index (κ1) is 32.6. The molecule has 0 aliphatic carbocycles. The Kier molecular flexibility index (Phi) is 8.36. The minimum absolute atomic E-state index is 0.687. The van der Waals surface area contributed by atoms with E-state index in [2.05, 4.69) is 163 Å². The summed E-state index contributed by atoms with van der Waals surface area (Å²) in [7, 11) is 0. The molecule has 258 valence electrons. The summed E-state index contributed by atoms with van der Waals surface area (Å²) in [6, 6.07) is 66.8. The van der Waals surface area contributed by atoms with Crippen LogP contribution >= 0.6 is 11.3 Å². The maximum absolute atomic E-state index is 5.30. The van der Waals surface area contributed by atoms with E-state index in [4.69, 9.17) is 9.97 Å². The first-order valence-electron chi connectivity index (χ1n) is 18.4. The van der Waals surface area contributed by atoms with Gasteiger partial charge in [0.1, 0.15) is 0 Å².